The summed E-state index contributed by atoms with van der Waals surface area (Å²) in [5.41, 5.74) is -0.227. The third-order valence-corrected chi connectivity index (χ3v) is 2.61. The van der Waals surface area contributed by atoms with E-state index < -0.39 is 29.5 Å². The van der Waals surface area contributed by atoms with Gasteiger partial charge in [0.2, 0.25) is 0 Å². The molecule has 1 aromatic heterocycles. The third kappa shape index (κ3) is 4.24. The molecule has 0 fully saturated rings. The number of rotatable bonds is 5. The lowest BCUT2D eigenvalue weighted by molar-refractivity contribution is -0.137. The molecular weight excluding hydrogens is 284 g/mol. The van der Waals surface area contributed by atoms with Gasteiger partial charge in [0, 0.05) is 11.7 Å². The first-order chi connectivity index (χ1) is 9.26. The number of nitrogens with zero attached hydrogens (tertiary/aromatic N) is 1. The second kappa shape index (κ2) is 6.38. The normalized spacial score (nSPS) is 11.6. The van der Waals surface area contributed by atoms with E-state index in [1.807, 2.05) is 0 Å². The van der Waals surface area contributed by atoms with Crippen LogP contribution >= 0.6 is 11.6 Å². The van der Waals surface area contributed by atoms with Gasteiger partial charge in [0.1, 0.15) is 12.1 Å². The van der Waals surface area contributed by atoms with E-state index in [-0.39, 0.29) is 5.56 Å². The van der Waals surface area contributed by atoms with Gasteiger partial charge in [-0.3, -0.25) is 14.4 Å². The van der Waals surface area contributed by atoms with Crippen molar-refractivity contribution < 1.29 is 14.7 Å². The fraction of sp³-hybridized carbons (Fsp3) is 0.308. The monoisotopic (exact) mass is 298 g/mol. The molecule has 2 N–H and O–H groups in total. The molecule has 20 heavy (non-hydrogen) atoms. The SMILES string of the molecule is CC(C)(/C=C/Cl)NC(=O)c1cccn(CC(=O)O)c1=O. The van der Waals surface area contributed by atoms with Crippen molar-refractivity contribution in [1.82, 2.24) is 9.88 Å². The number of aliphatic carboxylic acids is 1. The fourth-order valence-corrected chi connectivity index (χ4v) is 1.85. The molecule has 1 rings (SSSR count). The van der Waals surface area contributed by atoms with Crippen LogP contribution in [0.5, 0.6) is 0 Å². The van der Waals surface area contributed by atoms with E-state index in [4.69, 9.17) is 16.7 Å². The topological polar surface area (TPSA) is 88.4 Å². The number of hydrogen-bond donors (Lipinski definition) is 2. The van der Waals surface area contributed by atoms with Gasteiger partial charge in [-0.25, -0.2) is 0 Å². The van der Waals surface area contributed by atoms with Crippen LogP contribution in [-0.4, -0.2) is 27.1 Å². The standard InChI is InChI=1S/C13H15ClN2O4/c1-13(2,5-6-14)15-11(19)9-4-3-7-16(12(9)20)8-10(17)18/h3-7H,8H2,1-2H3,(H,15,19)(H,17,18)/b6-5+. The van der Waals surface area contributed by atoms with Gasteiger partial charge in [-0.15, -0.1) is 0 Å². The van der Waals surface area contributed by atoms with E-state index in [0.717, 1.165) is 4.57 Å². The third-order valence-electron chi connectivity index (χ3n) is 2.49. The zero-order valence-corrected chi connectivity index (χ0v) is 11.8. The molecule has 0 bridgehead atoms. The summed E-state index contributed by atoms with van der Waals surface area (Å²) in [7, 11) is 0. The van der Waals surface area contributed by atoms with E-state index in [1.165, 1.54) is 23.9 Å². The molecule has 0 atom stereocenters. The van der Waals surface area contributed by atoms with E-state index >= 15 is 0 Å². The molecule has 0 saturated carbocycles. The summed E-state index contributed by atoms with van der Waals surface area (Å²) in [6.45, 7) is 2.93. The number of aromatic nitrogens is 1. The average molecular weight is 299 g/mol. The number of halogens is 1. The molecule has 0 radical (unpaired) electrons. The molecule has 1 amide bonds. The van der Waals surface area contributed by atoms with Gasteiger partial charge >= 0.3 is 5.97 Å². The van der Waals surface area contributed by atoms with Crippen LogP contribution < -0.4 is 10.9 Å². The number of carbonyl (C=O) groups is 2. The van der Waals surface area contributed by atoms with Gasteiger partial charge in [0.25, 0.3) is 11.5 Å². The van der Waals surface area contributed by atoms with Gasteiger partial charge in [-0.1, -0.05) is 11.6 Å². The zero-order valence-electron chi connectivity index (χ0n) is 11.1. The summed E-state index contributed by atoms with van der Waals surface area (Å²) in [5.74, 6) is -1.75. The lowest BCUT2D eigenvalue weighted by Gasteiger charge is -2.21. The van der Waals surface area contributed by atoms with Crippen LogP contribution in [0.2, 0.25) is 0 Å². The predicted molar refractivity (Wildman–Crippen MR) is 74.9 cm³/mol. The molecule has 1 aromatic rings. The minimum atomic E-state index is -1.16. The van der Waals surface area contributed by atoms with Crippen molar-refractivity contribution in [1.29, 1.82) is 0 Å². The highest BCUT2D eigenvalue weighted by atomic mass is 35.5. The Morgan fingerprint density at radius 3 is 2.70 bits per heavy atom. The Kier molecular flexibility index (Phi) is 5.10. The quantitative estimate of drug-likeness (QED) is 0.855. The first-order valence-electron chi connectivity index (χ1n) is 5.78. The molecule has 6 nitrogen and oxygen atoms in total. The summed E-state index contributed by atoms with van der Waals surface area (Å²) < 4.78 is 0.960. The number of carbonyl (C=O) groups excluding carboxylic acids is 1. The van der Waals surface area contributed by atoms with E-state index in [1.54, 1.807) is 19.9 Å². The summed E-state index contributed by atoms with van der Waals surface area (Å²) in [5, 5.41) is 11.3. The van der Waals surface area contributed by atoms with Crippen LogP contribution in [0, 0.1) is 0 Å². The van der Waals surface area contributed by atoms with Crippen molar-refractivity contribution in [2.45, 2.75) is 25.9 Å². The smallest absolute Gasteiger partial charge is 0.323 e. The van der Waals surface area contributed by atoms with E-state index in [9.17, 15) is 14.4 Å². The Labute approximate surface area is 120 Å². The van der Waals surface area contributed by atoms with Gasteiger partial charge in [-0.2, -0.15) is 0 Å². The molecule has 0 aliphatic heterocycles. The van der Waals surface area contributed by atoms with Gasteiger partial charge < -0.3 is 15.0 Å². The number of carboxylic acids is 1. The maximum Gasteiger partial charge on any atom is 0.323 e. The van der Waals surface area contributed by atoms with E-state index in [2.05, 4.69) is 5.32 Å². The van der Waals surface area contributed by atoms with Crippen molar-refractivity contribution in [2.75, 3.05) is 0 Å². The largest absolute Gasteiger partial charge is 0.480 e. The van der Waals surface area contributed by atoms with Crippen LogP contribution in [0.1, 0.15) is 24.2 Å². The summed E-state index contributed by atoms with van der Waals surface area (Å²) in [6, 6.07) is 2.79. The van der Waals surface area contributed by atoms with Crippen molar-refractivity contribution in [3.8, 4) is 0 Å². The lowest BCUT2D eigenvalue weighted by atomic mass is 10.1. The zero-order chi connectivity index (χ0) is 15.3. The average Bonchev–Trinajstić information content (AvgIpc) is 2.30. The molecule has 0 unspecified atom stereocenters. The number of carboxylic acid groups (broad SMARTS) is 1. The number of pyridine rings is 1. The molecule has 0 aliphatic carbocycles. The van der Waals surface area contributed by atoms with E-state index in [0.29, 0.717) is 0 Å². The molecule has 108 valence electrons. The van der Waals surface area contributed by atoms with Gasteiger partial charge in [0.05, 0.1) is 5.54 Å². The highest BCUT2D eigenvalue weighted by Gasteiger charge is 2.20. The maximum absolute atomic E-state index is 12.0. The summed E-state index contributed by atoms with van der Waals surface area (Å²) >= 11 is 5.47. The summed E-state index contributed by atoms with van der Waals surface area (Å²) in [4.78, 5) is 34.7. The lowest BCUT2D eigenvalue weighted by Crippen LogP contribution is -2.44. The molecular formula is C13H15ClN2O4. The Morgan fingerprint density at radius 1 is 1.50 bits per heavy atom. The fourth-order valence-electron chi connectivity index (χ4n) is 1.54. The first kappa shape index (κ1) is 16.0. The van der Waals surface area contributed by atoms with Crippen molar-refractivity contribution in [3.63, 3.8) is 0 Å². The maximum atomic E-state index is 12.0. The number of amides is 1. The highest BCUT2D eigenvalue weighted by molar-refractivity contribution is 6.25. The van der Waals surface area contributed by atoms with Crippen LogP contribution in [0.25, 0.3) is 0 Å². The molecule has 7 heteroatoms. The minimum Gasteiger partial charge on any atom is -0.480 e. The first-order valence-corrected chi connectivity index (χ1v) is 6.22. The molecule has 0 spiro atoms. The molecule has 1 heterocycles. The van der Waals surface area contributed by atoms with Crippen molar-refractivity contribution >= 4 is 23.5 Å². The Bertz CT molecular complexity index is 605. The second-order valence-corrected chi connectivity index (χ2v) is 4.97. The number of nitrogens with one attached hydrogen (secondary N) is 1. The molecule has 0 aliphatic rings. The van der Waals surface area contributed by atoms with Crippen molar-refractivity contribution in [3.05, 3.63) is 45.9 Å². The Balaban J connectivity index is 3.06. The van der Waals surface area contributed by atoms with Crippen LogP contribution in [0.3, 0.4) is 0 Å². The predicted octanol–water partition coefficient (Wildman–Crippen LogP) is 1.19. The molecule has 0 saturated heterocycles. The summed E-state index contributed by atoms with van der Waals surface area (Å²) in [6.07, 6.45) is 2.88. The van der Waals surface area contributed by atoms with Crippen LogP contribution in [0.15, 0.2) is 34.7 Å². The number of hydrogen-bond acceptors (Lipinski definition) is 3. The highest BCUT2D eigenvalue weighted by Crippen LogP contribution is 2.06. The van der Waals surface area contributed by atoms with Gasteiger partial charge in [0.15, 0.2) is 0 Å². The van der Waals surface area contributed by atoms with Crippen molar-refractivity contribution in [2.24, 2.45) is 0 Å². The van der Waals surface area contributed by atoms with Crippen LogP contribution in [-0.2, 0) is 11.3 Å². The van der Waals surface area contributed by atoms with Crippen LogP contribution in [0.4, 0.5) is 0 Å². The minimum absolute atomic E-state index is 0.121. The Morgan fingerprint density at radius 2 is 2.15 bits per heavy atom. The second-order valence-electron chi connectivity index (χ2n) is 4.72. The van der Waals surface area contributed by atoms with Gasteiger partial charge in [-0.05, 0) is 32.1 Å². The Hall–Kier alpha value is -2.08. The molecule has 0 aromatic carbocycles.